The van der Waals surface area contributed by atoms with Crippen LogP contribution in [-0.4, -0.2) is 61.2 Å². The van der Waals surface area contributed by atoms with E-state index < -0.39 is 36.5 Å². The van der Waals surface area contributed by atoms with E-state index in [1.54, 1.807) is 13.8 Å². The van der Waals surface area contributed by atoms with Crippen molar-refractivity contribution in [2.75, 3.05) is 13.7 Å². The number of amides is 1. The third-order valence-electron chi connectivity index (χ3n) is 3.66. The molecule has 2 aliphatic rings. The van der Waals surface area contributed by atoms with Crippen molar-refractivity contribution in [3.63, 3.8) is 0 Å². The van der Waals surface area contributed by atoms with Crippen molar-refractivity contribution in [1.29, 1.82) is 0 Å². The molecule has 122 valence electrons. The van der Waals surface area contributed by atoms with Crippen molar-refractivity contribution in [1.82, 2.24) is 5.32 Å². The van der Waals surface area contributed by atoms with Gasteiger partial charge in [-0.3, -0.25) is 4.79 Å². The SMILES string of the molecule is CCCC(=O)NC[C@H]1O[C@@H](OC)[C@H](O)[C@H]2OC(C)(C)O[C@H]21. The van der Waals surface area contributed by atoms with Gasteiger partial charge in [0.15, 0.2) is 12.1 Å². The summed E-state index contributed by atoms with van der Waals surface area (Å²) >= 11 is 0. The van der Waals surface area contributed by atoms with Gasteiger partial charge >= 0.3 is 0 Å². The summed E-state index contributed by atoms with van der Waals surface area (Å²) in [7, 11) is 1.46. The summed E-state index contributed by atoms with van der Waals surface area (Å²) in [6.45, 7) is 5.81. The van der Waals surface area contributed by atoms with E-state index in [-0.39, 0.29) is 5.91 Å². The van der Waals surface area contributed by atoms with Gasteiger partial charge in [-0.25, -0.2) is 0 Å². The van der Waals surface area contributed by atoms with E-state index in [4.69, 9.17) is 18.9 Å². The molecule has 2 fully saturated rings. The lowest BCUT2D eigenvalue weighted by Crippen LogP contribution is -2.59. The molecule has 0 saturated carbocycles. The highest BCUT2D eigenvalue weighted by Crippen LogP contribution is 2.37. The first-order valence-electron chi connectivity index (χ1n) is 7.36. The Balaban J connectivity index is 2.03. The molecule has 2 rings (SSSR count). The predicted octanol–water partition coefficient (Wildman–Crippen LogP) is 0.155. The van der Waals surface area contributed by atoms with Crippen LogP contribution in [0, 0.1) is 0 Å². The van der Waals surface area contributed by atoms with E-state index in [0.29, 0.717) is 13.0 Å². The minimum atomic E-state index is -0.927. The second kappa shape index (κ2) is 6.58. The van der Waals surface area contributed by atoms with Crippen LogP contribution in [0.25, 0.3) is 0 Å². The standard InChI is InChI=1S/C14H25NO6/c1-5-6-9(16)15-7-8-11-12(21-14(2,3)20-11)10(17)13(18-4)19-8/h8,10-13,17H,5-7H2,1-4H3,(H,15,16)/t8-,10-,11+,12-,13-/m1/s1. The fraction of sp³-hybridized carbons (Fsp3) is 0.929. The molecule has 7 heteroatoms. The molecule has 5 atom stereocenters. The molecule has 0 bridgehead atoms. The predicted molar refractivity (Wildman–Crippen MR) is 73.4 cm³/mol. The zero-order valence-corrected chi connectivity index (χ0v) is 13.0. The monoisotopic (exact) mass is 303 g/mol. The van der Waals surface area contributed by atoms with Gasteiger partial charge in [-0.05, 0) is 20.3 Å². The van der Waals surface area contributed by atoms with Gasteiger partial charge in [0.25, 0.3) is 0 Å². The number of methoxy groups -OCH3 is 1. The third kappa shape index (κ3) is 3.73. The first-order valence-corrected chi connectivity index (χ1v) is 7.36. The first kappa shape index (κ1) is 16.6. The van der Waals surface area contributed by atoms with Crippen LogP contribution in [0.1, 0.15) is 33.6 Å². The van der Waals surface area contributed by atoms with Crippen molar-refractivity contribution < 1.29 is 28.8 Å². The van der Waals surface area contributed by atoms with Gasteiger partial charge in [0, 0.05) is 20.1 Å². The zero-order valence-electron chi connectivity index (χ0n) is 13.0. The first-order chi connectivity index (χ1) is 9.88. The Morgan fingerprint density at radius 3 is 2.62 bits per heavy atom. The van der Waals surface area contributed by atoms with Crippen molar-refractivity contribution in [3.05, 3.63) is 0 Å². The normalized spacial score (nSPS) is 38.0. The highest BCUT2D eigenvalue weighted by molar-refractivity contribution is 5.75. The Morgan fingerprint density at radius 2 is 2.00 bits per heavy atom. The molecule has 0 aromatic rings. The quantitative estimate of drug-likeness (QED) is 0.752. The molecule has 7 nitrogen and oxygen atoms in total. The van der Waals surface area contributed by atoms with Gasteiger partial charge in [-0.1, -0.05) is 6.92 Å². The Kier molecular flexibility index (Phi) is 5.21. The lowest BCUT2D eigenvalue weighted by atomic mass is 9.99. The molecule has 1 amide bonds. The fourth-order valence-corrected chi connectivity index (χ4v) is 2.74. The van der Waals surface area contributed by atoms with E-state index in [2.05, 4.69) is 5.32 Å². The maximum absolute atomic E-state index is 11.6. The Bertz CT molecular complexity index is 374. The lowest BCUT2D eigenvalue weighted by molar-refractivity contribution is -0.267. The summed E-state index contributed by atoms with van der Waals surface area (Å²) in [4.78, 5) is 11.6. The maximum atomic E-state index is 11.6. The number of aliphatic hydroxyl groups is 1. The Morgan fingerprint density at radius 1 is 1.33 bits per heavy atom. The van der Waals surface area contributed by atoms with Gasteiger partial charge < -0.3 is 29.4 Å². The molecule has 0 aromatic heterocycles. The van der Waals surface area contributed by atoms with Crippen LogP contribution < -0.4 is 5.32 Å². The number of hydrogen-bond donors (Lipinski definition) is 2. The van der Waals surface area contributed by atoms with Gasteiger partial charge in [-0.2, -0.15) is 0 Å². The average Bonchev–Trinajstić information content (AvgIpc) is 2.74. The molecule has 21 heavy (non-hydrogen) atoms. The van der Waals surface area contributed by atoms with Gasteiger partial charge in [0.2, 0.25) is 5.91 Å². The number of aliphatic hydroxyl groups excluding tert-OH is 1. The van der Waals surface area contributed by atoms with Crippen LogP contribution in [0.4, 0.5) is 0 Å². The fourth-order valence-electron chi connectivity index (χ4n) is 2.74. The molecule has 2 heterocycles. The molecular formula is C14H25NO6. The van der Waals surface area contributed by atoms with Gasteiger partial charge in [0.05, 0.1) is 0 Å². The smallest absolute Gasteiger partial charge is 0.220 e. The number of carbonyl (C=O) groups excluding carboxylic acids is 1. The highest BCUT2D eigenvalue weighted by Gasteiger charge is 2.54. The summed E-state index contributed by atoms with van der Waals surface area (Å²) in [6.07, 6.45) is -1.86. The van der Waals surface area contributed by atoms with Crippen LogP contribution >= 0.6 is 0 Å². The van der Waals surface area contributed by atoms with Crippen molar-refractivity contribution in [2.24, 2.45) is 0 Å². The summed E-state index contributed by atoms with van der Waals surface area (Å²) in [6, 6.07) is 0. The van der Waals surface area contributed by atoms with Crippen molar-refractivity contribution >= 4 is 5.91 Å². The molecule has 2 N–H and O–H groups in total. The van der Waals surface area contributed by atoms with E-state index in [1.165, 1.54) is 7.11 Å². The summed E-state index contributed by atoms with van der Waals surface area (Å²) in [5.74, 6) is -0.829. The number of fused-ring (bicyclic) bond motifs is 1. The van der Waals surface area contributed by atoms with Crippen LogP contribution in [0.15, 0.2) is 0 Å². The van der Waals surface area contributed by atoms with Gasteiger partial charge in [0.1, 0.15) is 24.4 Å². The average molecular weight is 303 g/mol. The van der Waals surface area contributed by atoms with E-state index >= 15 is 0 Å². The van der Waals surface area contributed by atoms with Gasteiger partial charge in [-0.15, -0.1) is 0 Å². The molecular weight excluding hydrogens is 278 g/mol. The Hall–Kier alpha value is -0.730. The number of ether oxygens (including phenoxy) is 4. The van der Waals surface area contributed by atoms with Crippen molar-refractivity contribution in [2.45, 2.75) is 70.1 Å². The lowest BCUT2D eigenvalue weighted by Gasteiger charge is -2.39. The minimum absolute atomic E-state index is 0.0316. The van der Waals surface area contributed by atoms with Crippen LogP contribution in [-0.2, 0) is 23.7 Å². The van der Waals surface area contributed by atoms with E-state index in [0.717, 1.165) is 6.42 Å². The molecule has 2 aliphatic heterocycles. The largest absolute Gasteiger partial charge is 0.385 e. The summed E-state index contributed by atoms with van der Waals surface area (Å²) < 4.78 is 22.4. The molecule has 0 aromatic carbocycles. The molecule has 0 spiro atoms. The topological polar surface area (TPSA) is 86.3 Å². The second-order valence-corrected chi connectivity index (χ2v) is 5.89. The molecule has 2 saturated heterocycles. The zero-order chi connectivity index (χ0) is 15.6. The molecule has 0 aliphatic carbocycles. The van der Waals surface area contributed by atoms with E-state index in [1.807, 2.05) is 6.92 Å². The van der Waals surface area contributed by atoms with Crippen molar-refractivity contribution in [3.8, 4) is 0 Å². The Labute approximate surface area is 124 Å². The van der Waals surface area contributed by atoms with Crippen LogP contribution in [0.5, 0.6) is 0 Å². The minimum Gasteiger partial charge on any atom is -0.385 e. The van der Waals surface area contributed by atoms with E-state index in [9.17, 15) is 9.90 Å². The second-order valence-electron chi connectivity index (χ2n) is 5.89. The summed E-state index contributed by atoms with van der Waals surface area (Å²) in [5.41, 5.74) is 0. The number of hydrogen-bond acceptors (Lipinski definition) is 6. The van der Waals surface area contributed by atoms with Crippen LogP contribution in [0.2, 0.25) is 0 Å². The number of carbonyl (C=O) groups is 1. The highest BCUT2D eigenvalue weighted by atomic mass is 16.8. The number of rotatable bonds is 5. The number of nitrogens with one attached hydrogen (secondary N) is 1. The van der Waals surface area contributed by atoms with Crippen LogP contribution in [0.3, 0.4) is 0 Å². The molecule has 0 unspecified atom stereocenters. The molecule has 0 radical (unpaired) electrons. The maximum Gasteiger partial charge on any atom is 0.220 e. The third-order valence-corrected chi connectivity index (χ3v) is 3.66. The summed E-state index contributed by atoms with van der Waals surface area (Å²) in [5, 5.41) is 13.0.